The number of carbonyl (C=O) groups is 1. The van der Waals surface area contributed by atoms with E-state index in [1.54, 1.807) is 0 Å². The predicted molar refractivity (Wildman–Crippen MR) is 86.6 cm³/mol. The van der Waals surface area contributed by atoms with Gasteiger partial charge in [-0.15, -0.1) is 24.8 Å². The molecule has 0 unspecified atom stereocenters. The van der Waals surface area contributed by atoms with Gasteiger partial charge in [0.2, 0.25) is 5.91 Å². The quantitative estimate of drug-likeness (QED) is 0.881. The van der Waals surface area contributed by atoms with Crippen molar-refractivity contribution in [2.24, 2.45) is 11.7 Å². The standard InChI is InChI=1S/C14H21N3O.2ClH/c1-16-7-10-4-3-5-11(6-10)12-8-17(2)9-13(12)14(15)18;;/h3-6,12-13,16H,7-9H2,1-2H3,(H2,15,18);2*1H/t12-,13+;;/m0../s1. The fourth-order valence-electron chi connectivity index (χ4n) is 2.76. The van der Waals surface area contributed by atoms with E-state index in [4.69, 9.17) is 5.73 Å². The Bertz CT molecular complexity index is 442. The van der Waals surface area contributed by atoms with Crippen LogP contribution in [0.5, 0.6) is 0 Å². The van der Waals surface area contributed by atoms with Crippen molar-refractivity contribution < 1.29 is 4.79 Å². The van der Waals surface area contributed by atoms with Gasteiger partial charge in [-0.1, -0.05) is 24.3 Å². The maximum absolute atomic E-state index is 11.5. The maximum Gasteiger partial charge on any atom is 0.222 e. The van der Waals surface area contributed by atoms with Crippen LogP contribution in [0.4, 0.5) is 0 Å². The van der Waals surface area contributed by atoms with Crippen LogP contribution in [0.1, 0.15) is 17.0 Å². The van der Waals surface area contributed by atoms with Crippen LogP contribution < -0.4 is 11.1 Å². The molecule has 1 aromatic rings. The molecule has 4 nitrogen and oxygen atoms in total. The van der Waals surface area contributed by atoms with E-state index in [0.717, 1.165) is 19.6 Å². The highest BCUT2D eigenvalue weighted by Gasteiger charge is 2.35. The first kappa shape index (κ1) is 19.2. The second-order valence-electron chi connectivity index (χ2n) is 5.11. The van der Waals surface area contributed by atoms with Crippen molar-refractivity contribution in [1.82, 2.24) is 10.2 Å². The molecule has 2 rings (SSSR count). The molecule has 1 aliphatic rings. The van der Waals surface area contributed by atoms with Crippen LogP contribution in [0, 0.1) is 5.92 Å². The van der Waals surface area contributed by atoms with Gasteiger partial charge < -0.3 is 16.0 Å². The SMILES string of the molecule is CNCc1cccc([C@@H]2CN(C)C[C@H]2C(N)=O)c1.Cl.Cl. The van der Waals surface area contributed by atoms with Crippen molar-refractivity contribution in [2.45, 2.75) is 12.5 Å². The molecule has 1 aliphatic heterocycles. The number of benzene rings is 1. The Morgan fingerprint density at radius 2 is 2.10 bits per heavy atom. The van der Waals surface area contributed by atoms with Crippen LogP contribution in [0.2, 0.25) is 0 Å². The molecule has 1 amide bonds. The number of primary amides is 1. The molecule has 0 radical (unpaired) electrons. The first-order valence-corrected chi connectivity index (χ1v) is 6.33. The lowest BCUT2D eigenvalue weighted by Crippen LogP contribution is -2.28. The molecule has 114 valence electrons. The molecule has 2 atom stereocenters. The molecule has 0 spiro atoms. The minimum Gasteiger partial charge on any atom is -0.369 e. The maximum atomic E-state index is 11.5. The van der Waals surface area contributed by atoms with E-state index in [2.05, 4.69) is 34.5 Å². The number of nitrogens with two attached hydrogens (primary N) is 1. The summed E-state index contributed by atoms with van der Waals surface area (Å²) in [5.74, 6) is -0.0347. The lowest BCUT2D eigenvalue weighted by Gasteiger charge is -2.16. The molecule has 1 saturated heterocycles. The Balaban J connectivity index is 0.00000180. The van der Waals surface area contributed by atoms with E-state index < -0.39 is 0 Å². The highest BCUT2D eigenvalue weighted by Crippen LogP contribution is 2.32. The van der Waals surface area contributed by atoms with Crippen LogP contribution in [0.3, 0.4) is 0 Å². The molecule has 0 saturated carbocycles. The van der Waals surface area contributed by atoms with Crippen LogP contribution in [-0.2, 0) is 11.3 Å². The third-order valence-electron chi connectivity index (χ3n) is 3.63. The molecule has 1 fully saturated rings. The highest BCUT2D eigenvalue weighted by atomic mass is 35.5. The number of likely N-dealkylation sites (N-methyl/N-ethyl adjacent to an activating group) is 1. The van der Waals surface area contributed by atoms with E-state index in [1.165, 1.54) is 11.1 Å². The van der Waals surface area contributed by atoms with Crippen molar-refractivity contribution in [3.8, 4) is 0 Å². The van der Waals surface area contributed by atoms with Crippen LogP contribution in [0.15, 0.2) is 24.3 Å². The minimum absolute atomic E-state index is 0. The lowest BCUT2D eigenvalue weighted by atomic mass is 9.88. The smallest absolute Gasteiger partial charge is 0.222 e. The normalized spacial score (nSPS) is 21.9. The Hall–Kier alpha value is -0.810. The van der Waals surface area contributed by atoms with Gasteiger partial charge >= 0.3 is 0 Å². The fraction of sp³-hybridized carbons (Fsp3) is 0.500. The number of nitrogens with zero attached hydrogens (tertiary/aromatic N) is 1. The second-order valence-corrected chi connectivity index (χ2v) is 5.11. The zero-order valence-electron chi connectivity index (χ0n) is 11.8. The molecule has 1 aromatic carbocycles. The van der Waals surface area contributed by atoms with Crippen LogP contribution >= 0.6 is 24.8 Å². The third-order valence-corrected chi connectivity index (χ3v) is 3.63. The van der Waals surface area contributed by atoms with Gasteiger partial charge in [-0.2, -0.15) is 0 Å². The zero-order valence-corrected chi connectivity index (χ0v) is 13.5. The number of hydrogen-bond acceptors (Lipinski definition) is 3. The Morgan fingerprint density at radius 3 is 2.70 bits per heavy atom. The summed E-state index contributed by atoms with van der Waals surface area (Å²) >= 11 is 0. The van der Waals surface area contributed by atoms with Crippen molar-refractivity contribution in [3.05, 3.63) is 35.4 Å². The molecule has 20 heavy (non-hydrogen) atoms. The molecule has 0 aromatic heterocycles. The Morgan fingerprint density at radius 1 is 1.40 bits per heavy atom. The fourth-order valence-corrected chi connectivity index (χ4v) is 2.76. The summed E-state index contributed by atoms with van der Waals surface area (Å²) in [5.41, 5.74) is 7.97. The largest absolute Gasteiger partial charge is 0.369 e. The number of carbonyl (C=O) groups excluding carboxylic acids is 1. The minimum atomic E-state index is -0.191. The highest BCUT2D eigenvalue weighted by molar-refractivity contribution is 5.85. The monoisotopic (exact) mass is 319 g/mol. The van der Waals surface area contributed by atoms with Crippen molar-refractivity contribution in [2.75, 3.05) is 27.2 Å². The molecule has 3 N–H and O–H groups in total. The van der Waals surface area contributed by atoms with E-state index in [0.29, 0.717) is 0 Å². The topological polar surface area (TPSA) is 58.4 Å². The van der Waals surface area contributed by atoms with Gasteiger partial charge in [-0.3, -0.25) is 4.79 Å². The van der Waals surface area contributed by atoms with Gasteiger partial charge in [0.05, 0.1) is 5.92 Å². The lowest BCUT2D eigenvalue weighted by molar-refractivity contribution is -0.121. The van der Waals surface area contributed by atoms with Gasteiger partial charge in [-0.25, -0.2) is 0 Å². The molecule has 0 bridgehead atoms. The second kappa shape index (κ2) is 8.47. The summed E-state index contributed by atoms with van der Waals surface area (Å²) in [6.07, 6.45) is 0. The number of likely N-dealkylation sites (tertiary alicyclic amines) is 1. The zero-order chi connectivity index (χ0) is 13.1. The van der Waals surface area contributed by atoms with Crippen LogP contribution in [-0.4, -0.2) is 38.0 Å². The predicted octanol–water partition coefficient (Wildman–Crippen LogP) is 1.38. The summed E-state index contributed by atoms with van der Waals surface area (Å²) in [4.78, 5) is 13.7. The first-order chi connectivity index (χ1) is 8.61. The molecule has 6 heteroatoms. The molecular weight excluding hydrogens is 297 g/mol. The van der Waals surface area contributed by atoms with Gasteiger partial charge in [0, 0.05) is 25.6 Å². The van der Waals surface area contributed by atoms with Crippen molar-refractivity contribution >= 4 is 30.7 Å². The van der Waals surface area contributed by atoms with E-state index in [1.807, 2.05) is 14.1 Å². The number of rotatable bonds is 4. The van der Waals surface area contributed by atoms with Gasteiger partial charge in [-0.05, 0) is 25.2 Å². The van der Waals surface area contributed by atoms with E-state index >= 15 is 0 Å². The summed E-state index contributed by atoms with van der Waals surface area (Å²) in [7, 11) is 3.97. The Labute approximate surface area is 132 Å². The summed E-state index contributed by atoms with van der Waals surface area (Å²) < 4.78 is 0. The molecule has 0 aliphatic carbocycles. The van der Waals surface area contributed by atoms with Crippen LogP contribution in [0.25, 0.3) is 0 Å². The summed E-state index contributed by atoms with van der Waals surface area (Å²) in [6, 6.07) is 8.42. The van der Waals surface area contributed by atoms with Gasteiger partial charge in [0.1, 0.15) is 0 Å². The summed E-state index contributed by atoms with van der Waals surface area (Å²) in [5, 5.41) is 3.14. The number of amides is 1. The van der Waals surface area contributed by atoms with Crippen molar-refractivity contribution in [3.63, 3.8) is 0 Å². The van der Waals surface area contributed by atoms with E-state index in [-0.39, 0.29) is 42.6 Å². The molecule has 1 heterocycles. The summed E-state index contributed by atoms with van der Waals surface area (Å²) in [6.45, 7) is 2.50. The van der Waals surface area contributed by atoms with Crippen molar-refractivity contribution in [1.29, 1.82) is 0 Å². The van der Waals surface area contributed by atoms with Gasteiger partial charge in [0.25, 0.3) is 0 Å². The Kier molecular flexibility index (Phi) is 8.13. The molecular formula is C14H23Cl2N3O. The first-order valence-electron chi connectivity index (χ1n) is 6.33. The number of nitrogens with one attached hydrogen (secondary N) is 1. The van der Waals surface area contributed by atoms with E-state index in [9.17, 15) is 4.79 Å². The number of hydrogen-bond donors (Lipinski definition) is 2. The average molecular weight is 320 g/mol. The van der Waals surface area contributed by atoms with Gasteiger partial charge in [0.15, 0.2) is 0 Å². The average Bonchev–Trinajstić information content (AvgIpc) is 2.72. The number of halogens is 2. The third kappa shape index (κ3) is 4.35.